The maximum absolute atomic E-state index is 12.5. The number of alkyl carbamates (subject to hydrolysis) is 1. The number of amides is 1. The average molecular weight is 534 g/mol. The van der Waals surface area contributed by atoms with Crippen LogP contribution in [0.5, 0.6) is 0 Å². The van der Waals surface area contributed by atoms with E-state index in [0.29, 0.717) is 5.75 Å². The molecule has 5 nitrogen and oxygen atoms in total. The van der Waals surface area contributed by atoms with E-state index >= 15 is 0 Å². The molecule has 38 heavy (non-hydrogen) atoms. The summed E-state index contributed by atoms with van der Waals surface area (Å²) in [6.07, 6.45) is 12.2. The Bertz CT molecular complexity index is 1140. The van der Waals surface area contributed by atoms with E-state index in [-0.39, 0.29) is 18.3 Å². The maximum Gasteiger partial charge on any atom is 0.407 e. The molecule has 1 atom stereocenters. The molecule has 202 valence electrons. The van der Waals surface area contributed by atoms with Crippen molar-refractivity contribution >= 4 is 23.8 Å². The van der Waals surface area contributed by atoms with E-state index in [9.17, 15) is 14.7 Å². The van der Waals surface area contributed by atoms with E-state index in [1.807, 2.05) is 31.2 Å². The van der Waals surface area contributed by atoms with Crippen LogP contribution in [0, 0.1) is 0 Å². The van der Waals surface area contributed by atoms with Crippen molar-refractivity contribution in [3.05, 3.63) is 95.1 Å². The zero-order valence-corrected chi connectivity index (χ0v) is 23.4. The first-order valence-electron chi connectivity index (χ1n) is 13.2. The Kier molecular flexibility index (Phi) is 11.7. The van der Waals surface area contributed by atoms with Crippen LogP contribution in [0.1, 0.15) is 63.5 Å². The zero-order chi connectivity index (χ0) is 27.3. The number of hydrogen-bond donors (Lipinski definition) is 2. The lowest BCUT2D eigenvalue weighted by molar-refractivity contribution is -0.138. The van der Waals surface area contributed by atoms with Gasteiger partial charge in [-0.1, -0.05) is 84.0 Å². The van der Waals surface area contributed by atoms with Gasteiger partial charge in [0.1, 0.15) is 12.6 Å². The second-order valence-corrected chi connectivity index (χ2v) is 10.7. The number of carboxylic acids is 1. The summed E-state index contributed by atoms with van der Waals surface area (Å²) in [6.45, 7) is 6.48. The molecule has 0 radical (unpaired) electrons. The molecule has 0 spiro atoms. The van der Waals surface area contributed by atoms with Crippen molar-refractivity contribution in [2.75, 3.05) is 18.1 Å². The number of thioether (sulfide) groups is 1. The molecule has 1 aliphatic carbocycles. The largest absolute Gasteiger partial charge is 0.480 e. The van der Waals surface area contributed by atoms with Crippen LogP contribution in [0.4, 0.5) is 4.79 Å². The SMILES string of the molecule is C/C=C/CC/C(C)=C/CC/C(C)=C/CSC[C@H](NC(=O)OCC1c2ccccc2-c2ccccc21)C(=O)O. The van der Waals surface area contributed by atoms with Gasteiger partial charge in [0.25, 0.3) is 0 Å². The number of carbonyl (C=O) groups is 2. The van der Waals surface area contributed by atoms with Gasteiger partial charge in [0.2, 0.25) is 0 Å². The molecule has 0 aromatic heterocycles. The summed E-state index contributed by atoms with van der Waals surface area (Å²) in [5.41, 5.74) is 7.23. The number of carbonyl (C=O) groups excluding carboxylic acids is 1. The molecular weight excluding hydrogens is 494 g/mol. The highest BCUT2D eigenvalue weighted by molar-refractivity contribution is 7.99. The summed E-state index contributed by atoms with van der Waals surface area (Å²) in [5, 5.41) is 12.1. The van der Waals surface area contributed by atoms with Gasteiger partial charge >= 0.3 is 12.1 Å². The number of allylic oxidation sites excluding steroid dienone is 5. The van der Waals surface area contributed by atoms with Crippen LogP contribution < -0.4 is 5.32 Å². The summed E-state index contributed by atoms with van der Waals surface area (Å²) in [5.74, 6) is -0.157. The second kappa shape index (κ2) is 15.2. The number of benzene rings is 2. The van der Waals surface area contributed by atoms with Crippen molar-refractivity contribution < 1.29 is 19.4 Å². The predicted molar refractivity (Wildman–Crippen MR) is 158 cm³/mol. The molecule has 1 aliphatic rings. The average Bonchev–Trinajstić information content (AvgIpc) is 3.23. The minimum atomic E-state index is -1.06. The van der Waals surface area contributed by atoms with Gasteiger partial charge in [-0.15, -0.1) is 0 Å². The van der Waals surface area contributed by atoms with Crippen LogP contribution in [-0.4, -0.2) is 41.3 Å². The van der Waals surface area contributed by atoms with Crippen LogP contribution in [0.15, 0.2) is 84.0 Å². The second-order valence-electron chi connectivity index (χ2n) is 9.65. The van der Waals surface area contributed by atoms with Gasteiger partial charge < -0.3 is 15.2 Å². The van der Waals surface area contributed by atoms with Crippen LogP contribution in [0.2, 0.25) is 0 Å². The van der Waals surface area contributed by atoms with E-state index in [2.05, 4.69) is 67.7 Å². The smallest absolute Gasteiger partial charge is 0.407 e. The minimum Gasteiger partial charge on any atom is -0.480 e. The number of nitrogens with one attached hydrogen (secondary N) is 1. The molecule has 2 N–H and O–H groups in total. The monoisotopic (exact) mass is 533 g/mol. The molecule has 3 rings (SSSR count). The normalized spacial score (nSPS) is 14.3. The third-order valence-electron chi connectivity index (χ3n) is 6.74. The molecule has 0 bridgehead atoms. The molecule has 6 heteroatoms. The highest BCUT2D eigenvalue weighted by atomic mass is 32.2. The molecule has 0 saturated heterocycles. The molecule has 0 saturated carbocycles. The van der Waals surface area contributed by atoms with E-state index in [0.717, 1.165) is 47.9 Å². The maximum atomic E-state index is 12.5. The van der Waals surface area contributed by atoms with Crippen molar-refractivity contribution in [2.45, 2.75) is 58.4 Å². The number of ether oxygens (including phenoxy) is 1. The lowest BCUT2D eigenvalue weighted by Gasteiger charge is -2.17. The summed E-state index contributed by atoms with van der Waals surface area (Å²) >= 11 is 1.49. The fourth-order valence-corrected chi connectivity index (χ4v) is 5.57. The lowest BCUT2D eigenvalue weighted by Crippen LogP contribution is -2.43. The summed E-state index contributed by atoms with van der Waals surface area (Å²) in [7, 11) is 0. The Labute approximate surface area is 231 Å². The fraction of sp³-hybridized carbons (Fsp3) is 0.375. The van der Waals surface area contributed by atoms with Crippen LogP contribution >= 0.6 is 11.8 Å². The molecule has 0 unspecified atom stereocenters. The van der Waals surface area contributed by atoms with Gasteiger partial charge in [-0.2, -0.15) is 11.8 Å². The topological polar surface area (TPSA) is 75.6 Å². The molecule has 0 fully saturated rings. The first-order chi connectivity index (χ1) is 18.4. The van der Waals surface area contributed by atoms with Crippen molar-refractivity contribution in [3.63, 3.8) is 0 Å². The standard InChI is InChI=1S/C32H39NO4S/c1-4-5-6-12-23(2)13-11-14-24(3)19-20-38-22-30(31(34)35)33-32(36)37-21-29-27-17-9-7-15-25(27)26-16-8-10-18-28(26)29/h4-5,7-10,13,15-19,29-30H,6,11-12,14,20-22H2,1-3H3,(H,33,36)(H,34,35)/b5-4+,23-13+,24-19+/t30-/m0/s1. The number of fused-ring (bicyclic) bond motifs is 3. The predicted octanol–water partition coefficient (Wildman–Crippen LogP) is 7.74. The third kappa shape index (κ3) is 8.66. The Balaban J connectivity index is 1.43. The zero-order valence-electron chi connectivity index (χ0n) is 22.6. The van der Waals surface area contributed by atoms with E-state index in [1.165, 1.54) is 22.9 Å². The Morgan fingerprint density at radius 3 is 2.21 bits per heavy atom. The number of carboxylic acid groups (broad SMARTS) is 1. The van der Waals surface area contributed by atoms with Crippen LogP contribution in [-0.2, 0) is 9.53 Å². The molecule has 2 aromatic carbocycles. The van der Waals surface area contributed by atoms with Crippen molar-refractivity contribution in [2.24, 2.45) is 0 Å². The quantitative estimate of drug-likeness (QED) is 0.192. The summed E-state index contributed by atoms with van der Waals surface area (Å²) < 4.78 is 5.52. The number of aliphatic carboxylic acids is 1. The third-order valence-corrected chi connectivity index (χ3v) is 7.71. The Morgan fingerprint density at radius 2 is 1.58 bits per heavy atom. The lowest BCUT2D eigenvalue weighted by atomic mass is 9.98. The summed E-state index contributed by atoms with van der Waals surface area (Å²) in [4.78, 5) is 24.2. The van der Waals surface area contributed by atoms with Crippen molar-refractivity contribution in [1.29, 1.82) is 0 Å². The van der Waals surface area contributed by atoms with Gasteiger partial charge in [-0.25, -0.2) is 9.59 Å². The first kappa shape index (κ1) is 29.3. The molecule has 0 heterocycles. The molecular formula is C32H39NO4S. The van der Waals surface area contributed by atoms with Gasteiger partial charge in [0, 0.05) is 17.4 Å². The molecule has 0 aliphatic heterocycles. The number of hydrogen-bond acceptors (Lipinski definition) is 4. The van der Waals surface area contributed by atoms with Crippen LogP contribution in [0.3, 0.4) is 0 Å². The van der Waals surface area contributed by atoms with Crippen molar-refractivity contribution in [3.8, 4) is 11.1 Å². The molecule has 1 amide bonds. The van der Waals surface area contributed by atoms with Gasteiger partial charge in [0.05, 0.1) is 0 Å². The van der Waals surface area contributed by atoms with Gasteiger partial charge in [-0.3, -0.25) is 0 Å². The van der Waals surface area contributed by atoms with Gasteiger partial charge in [0.15, 0.2) is 0 Å². The number of rotatable bonds is 14. The van der Waals surface area contributed by atoms with Crippen molar-refractivity contribution in [1.82, 2.24) is 5.32 Å². The van der Waals surface area contributed by atoms with E-state index < -0.39 is 18.1 Å². The van der Waals surface area contributed by atoms with E-state index in [1.54, 1.807) is 0 Å². The minimum absolute atomic E-state index is 0.0641. The highest BCUT2D eigenvalue weighted by Crippen LogP contribution is 2.44. The fourth-order valence-electron chi connectivity index (χ4n) is 4.57. The highest BCUT2D eigenvalue weighted by Gasteiger charge is 2.29. The Morgan fingerprint density at radius 1 is 0.974 bits per heavy atom. The van der Waals surface area contributed by atoms with Crippen LogP contribution in [0.25, 0.3) is 11.1 Å². The Hall–Kier alpha value is -3.25. The molecule has 2 aromatic rings. The van der Waals surface area contributed by atoms with Gasteiger partial charge in [-0.05, 0) is 68.7 Å². The first-order valence-corrected chi connectivity index (χ1v) is 14.4. The summed E-state index contributed by atoms with van der Waals surface area (Å²) in [6, 6.07) is 15.2. The van der Waals surface area contributed by atoms with E-state index in [4.69, 9.17) is 4.74 Å².